The summed E-state index contributed by atoms with van der Waals surface area (Å²) in [4.78, 5) is 12.4. The number of amides is 1. The second-order valence-corrected chi connectivity index (χ2v) is 5.27. The van der Waals surface area contributed by atoms with E-state index in [1.165, 1.54) is 6.20 Å². The molecule has 0 aliphatic rings. The molecule has 110 valence electrons. The third kappa shape index (κ3) is 3.18. The van der Waals surface area contributed by atoms with Crippen LogP contribution in [0.5, 0.6) is 0 Å². The Morgan fingerprint density at radius 2 is 1.95 bits per heavy atom. The lowest BCUT2D eigenvalue weighted by molar-refractivity contribution is 0.0951. The first-order valence-electron chi connectivity index (χ1n) is 6.85. The minimum absolute atomic E-state index is 0.174. The van der Waals surface area contributed by atoms with Crippen LogP contribution in [0.1, 0.15) is 15.9 Å². The van der Waals surface area contributed by atoms with Crippen LogP contribution >= 0.6 is 11.6 Å². The first-order chi connectivity index (χ1) is 10.7. The van der Waals surface area contributed by atoms with Gasteiger partial charge in [-0.3, -0.25) is 9.89 Å². The van der Waals surface area contributed by atoms with Crippen molar-refractivity contribution >= 4 is 17.5 Å². The summed E-state index contributed by atoms with van der Waals surface area (Å²) >= 11 is 6.00. The summed E-state index contributed by atoms with van der Waals surface area (Å²) in [7, 11) is 0. The van der Waals surface area contributed by atoms with Crippen LogP contribution in [0, 0.1) is 0 Å². The van der Waals surface area contributed by atoms with Crippen molar-refractivity contribution in [2.24, 2.45) is 0 Å². The molecule has 0 saturated heterocycles. The van der Waals surface area contributed by atoms with Gasteiger partial charge in [0.1, 0.15) is 0 Å². The molecular weight excluding hydrogens is 298 g/mol. The van der Waals surface area contributed by atoms with Crippen molar-refractivity contribution in [3.8, 4) is 11.3 Å². The van der Waals surface area contributed by atoms with Crippen LogP contribution in [0.3, 0.4) is 0 Å². The molecule has 3 rings (SSSR count). The van der Waals surface area contributed by atoms with Crippen LogP contribution in [0.25, 0.3) is 11.3 Å². The van der Waals surface area contributed by atoms with Gasteiger partial charge >= 0.3 is 0 Å². The van der Waals surface area contributed by atoms with Crippen molar-refractivity contribution in [1.29, 1.82) is 0 Å². The van der Waals surface area contributed by atoms with E-state index in [1.807, 2.05) is 42.5 Å². The largest absolute Gasteiger partial charge is 0.348 e. The van der Waals surface area contributed by atoms with Crippen molar-refractivity contribution in [3.63, 3.8) is 0 Å². The Morgan fingerprint density at radius 1 is 1.14 bits per heavy atom. The predicted octanol–water partition coefficient (Wildman–Crippen LogP) is 3.66. The number of benzene rings is 2. The number of aromatic nitrogens is 2. The maximum atomic E-state index is 12.4. The molecule has 5 heteroatoms. The number of carbonyl (C=O) groups is 1. The lowest BCUT2D eigenvalue weighted by atomic mass is 10.1. The highest BCUT2D eigenvalue weighted by Gasteiger charge is 2.15. The molecule has 0 aliphatic carbocycles. The van der Waals surface area contributed by atoms with E-state index in [-0.39, 0.29) is 5.91 Å². The highest BCUT2D eigenvalue weighted by Crippen LogP contribution is 2.23. The van der Waals surface area contributed by atoms with Gasteiger partial charge in [0.25, 0.3) is 5.91 Å². The zero-order valence-corrected chi connectivity index (χ0v) is 12.5. The number of rotatable bonds is 4. The van der Waals surface area contributed by atoms with Crippen LogP contribution in [0.4, 0.5) is 0 Å². The first kappa shape index (κ1) is 14.4. The van der Waals surface area contributed by atoms with Crippen LogP contribution in [0.2, 0.25) is 5.02 Å². The van der Waals surface area contributed by atoms with Gasteiger partial charge in [-0.15, -0.1) is 0 Å². The van der Waals surface area contributed by atoms with Gasteiger partial charge in [-0.05, 0) is 17.7 Å². The van der Waals surface area contributed by atoms with Crippen LogP contribution in [-0.4, -0.2) is 16.1 Å². The van der Waals surface area contributed by atoms with E-state index in [4.69, 9.17) is 11.6 Å². The third-order valence-corrected chi connectivity index (χ3v) is 3.53. The van der Waals surface area contributed by atoms with E-state index in [9.17, 15) is 4.79 Å². The van der Waals surface area contributed by atoms with Gasteiger partial charge in [0.15, 0.2) is 0 Å². The molecule has 0 fully saturated rings. The second-order valence-electron chi connectivity index (χ2n) is 4.84. The van der Waals surface area contributed by atoms with Crippen LogP contribution < -0.4 is 5.32 Å². The molecule has 0 aliphatic heterocycles. The Bertz CT molecular complexity index is 783. The van der Waals surface area contributed by atoms with Gasteiger partial charge in [0.2, 0.25) is 0 Å². The Labute approximate surface area is 133 Å². The number of carbonyl (C=O) groups excluding carboxylic acids is 1. The molecule has 4 nitrogen and oxygen atoms in total. The monoisotopic (exact) mass is 311 g/mol. The molecule has 0 saturated carbocycles. The number of hydrogen-bond donors (Lipinski definition) is 2. The minimum atomic E-state index is -0.174. The minimum Gasteiger partial charge on any atom is -0.348 e. The smallest absolute Gasteiger partial charge is 0.255 e. The number of H-pyrrole nitrogens is 1. The number of halogens is 1. The maximum absolute atomic E-state index is 12.4. The fourth-order valence-corrected chi connectivity index (χ4v) is 2.39. The summed E-state index contributed by atoms with van der Waals surface area (Å²) in [5.74, 6) is -0.174. The second kappa shape index (κ2) is 6.45. The van der Waals surface area contributed by atoms with Gasteiger partial charge in [-0.1, -0.05) is 54.1 Å². The van der Waals surface area contributed by atoms with Gasteiger partial charge in [-0.2, -0.15) is 5.10 Å². The maximum Gasteiger partial charge on any atom is 0.255 e. The highest BCUT2D eigenvalue weighted by molar-refractivity contribution is 6.30. The molecule has 2 aromatic carbocycles. The van der Waals surface area contributed by atoms with Crippen LogP contribution in [0.15, 0.2) is 60.8 Å². The normalized spacial score (nSPS) is 10.4. The van der Waals surface area contributed by atoms with Gasteiger partial charge in [0, 0.05) is 17.1 Å². The molecule has 1 amide bonds. The zero-order valence-electron chi connectivity index (χ0n) is 11.7. The van der Waals surface area contributed by atoms with Crippen molar-refractivity contribution in [3.05, 3.63) is 76.9 Å². The lowest BCUT2D eigenvalue weighted by Crippen LogP contribution is -2.22. The van der Waals surface area contributed by atoms with Crippen molar-refractivity contribution in [2.45, 2.75) is 6.54 Å². The molecular formula is C17H14ClN3O. The Morgan fingerprint density at radius 3 is 2.73 bits per heavy atom. The quantitative estimate of drug-likeness (QED) is 0.772. The van der Waals surface area contributed by atoms with E-state index >= 15 is 0 Å². The molecule has 3 aromatic rings. The topological polar surface area (TPSA) is 57.8 Å². The highest BCUT2D eigenvalue weighted by atomic mass is 35.5. The molecule has 0 radical (unpaired) electrons. The summed E-state index contributed by atoms with van der Waals surface area (Å²) < 4.78 is 0. The van der Waals surface area contributed by atoms with E-state index in [0.29, 0.717) is 22.8 Å². The third-order valence-electron chi connectivity index (χ3n) is 3.29. The summed E-state index contributed by atoms with van der Waals surface area (Å²) in [6, 6.07) is 17.1. The summed E-state index contributed by atoms with van der Waals surface area (Å²) in [6.45, 7) is 0.472. The molecule has 0 atom stereocenters. The SMILES string of the molecule is O=C(NCc1ccccc1)c1cn[nH]c1-c1cccc(Cl)c1. The molecule has 0 unspecified atom stereocenters. The van der Waals surface area contributed by atoms with Gasteiger partial charge in [-0.25, -0.2) is 0 Å². The van der Waals surface area contributed by atoms with Crippen molar-refractivity contribution < 1.29 is 4.79 Å². The Kier molecular flexibility index (Phi) is 4.21. The van der Waals surface area contributed by atoms with Crippen LogP contribution in [-0.2, 0) is 6.54 Å². The van der Waals surface area contributed by atoms with E-state index in [0.717, 1.165) is 11.1 Å². The predicted molar refractivity (Wildman–Crippen MR) is 86.6 cm³/mol. The van der Waals surface area contributed by atoms with Gasteiger partial charge in [0.05, 0.1) is 17.5 Å². The van der Waals surface area contributed by atoms with Crippen molar-refractivity contribution in [2.75, 3.05) is 0 Å². The average molecular weight is 312 g/mol. The van der Waals surface area contributed by atoms with E-state index < -0.39 is 0 Å². The zero-order chi connectivity index (χ0) is 15.4. The number of nitrogens with one attached hydrogen (secondary N) is 2. The number of aromatic amines is 1. The summed E-state index contributed by atoms with van der Waals surface area (Å²) in [6.07, 6.45) is 1.52. The molecule has 0 spiro atoms. The van der Waals surface area contributed by atoms with E-state index in [1.54, 1.807) is 12.1 Å². The Balaban J connectivity index is 1.78. The van der Waals surface area contributed by atoms with E-state index in [2.05, 4.69) is 15.5 Å². The standard InChI is InChI=1S/C17H14ClN3O/c18-14-8-4-7-13(9-14)16-15(11-20-21-16)17(22)19-10-12-5-2-1-3-6-12/h1-9,11H,10H2,(H,19,22)(H,20,21). The Hall–Kier alpha value is -2.59. The lowest BCUT2D eigenvalue weighted by Gasteiger charge is -2.06. The molecule has 22 heavy (non-hydrogen) atoms. The average Bonchev–Trinajstić information content (AvgIpc) is 3.03. The van der Waals surface area contributed by atoms with Crippen molar-refractivity contribution in [1.82, 2.24) is 15.5 Å². The number of nitrogens with zero attached hydrogens (tertiary/aromatic N) is 1. The fraction of sp³-hybridized carbons (Fsp3) is 0.0588. The molecule has 2 N–H and O–H groups in total. The summed E-state index contributed by atoms with van der Waals surface area (Å²) in [5, 5.41) is 10.3. The molecule has 1 aromatic heterocycles. The molecule has 0 bridgehead atoms. The number of hydrogen-bond acceptors (Lipinski definition) is 2. The first-order valence-corrected chi connectivity index (χ1v) is 7.23. The van der Waals surface area contributed by atoms with Gasteiger partial charge < -0.3 is 5.32 Å². The summed E-state index contributed by atoms with van der Waals surface area (Å²) in [5.41, 5.74) is 3.03. The fourth-order valence-electron chi connectivity index (χ4n) is 2.20. The molecule has 1 heterocycles.